The van der Waals surface area contributed by atoms with Crippen molar-refractivity contribution in [3.8, 4) is 0 Å². The van der Waals surface area contributed by atoms with Crippen molar-refractivity contribution in [1.82, 2.24) is 4.90 Å². The molecule has 1 rings (SSSR count). The van der Waals surface area contributed by atoms with Crippen LogP contribution in [0.3, 0.4) is 0 Å². The Bertz CT molecular complexity index is 215. The van der Waals surface area contributed by atoms with Crippen molar-refractivity contribution >= 4 is 17.7 Å². The standard InChI is InChI=1S/C10H19NO2S/c1-7-5-11(6-8(2)14-7)9(12)10(3,4)13/h7-8,13H,5-6H2,1-4H3. The third-order valence-corrected chi connectivity index (χ3v) is 3.46. The number of thioether (sulfide) groups is 1. The molecule has 1 aliphatic rings. The number of hydrogen-bond acceptors (Lipinski definition) is 3. The Kier molecular flexibility index (Phi) is 3.48. The molecule has 4 heteroatoms. The Balaban J connectivity index is 2.64. The molecule has 0 aromatic rings. The Labute approximate surface area is 89.9 Å². The van der Waals surface area contributed by atoms with Crippen LogP contribution in [0.15, 0.2) is 0 Å². The SMILES string of the molecule is CC1CN(C(=O)C(C)(C)O)CC(C)S1. The first-order valence-corrected chi connectivity index (χ1v) is 5.92. The second kappa shape index (κ2) is 4.11. The molecule has 0 radical (unpaired) electrons. The number of nitrogens with zero attached hydrogens (tertiary/aromatic N) is 1. The minimum atomic E-state index is -1.23. The zero-order valence-electron chi connectivity index (χ0n) is 9.28. The highest BCUT2D eigenvalue weighted by atomic mass is 32.2. The fourth-order valence-electron chi connectivity index (χ4n) is 1.73. The fourth-order valence-corrected chi connectivity index (χ4v) is 3.06. The Morgan fingerprint density at radius 3 is 2.14 bits per heavy atom. The molecule has 14 heavy (non-hydrogen) atoms. The Morgan fingerprint density at radius 1 is 1.36 bits per heavy atom. The van der Waals surface area contributed by atoms with Crippen LogP contribution in [0.25, 0.3) is 0 Å². The molecule has 2 unspecified atom stereocenters. The molecule has 0 spiro atoms. The number of aliphatic hydroxyl groups is 1. The summed E-state index contributed by atoms with van der Waals surface area (Å²) in [6, 6.07) is 0. The summed E-state index contributed by atoms with van der Waals surface area (Å²) in [5, 5.41) is 10.5. The molecule has 0 saturated carbocycles. The van der Waals surface area contributed by atoms with E-state index in [4.69, 9.17) is 0 Å². The molecule has 1 N–H and O–H groups in total. The Hall–Kier alpha value is -0.220. The minimum Gasteiger partial charge on any atom is -0.381 e. The van der Waals surface area contributed by atoms with Crippen molar-refractivity contribution in [1.29, 1.82) is 0 Å². The summed E-state index contributed by atoms with van der Waals surface area (Å²) in [6.07, 6.45) is 0. The average Bonchev–Trinajstić information content (AvgIpc) is 1.99. The average molecular weight is 217 g/mol. The van der Waals surface area contributed by atoms with E-state index in [-0.39, 0.29) is 5.91 Å². The molecular formula is C10H19NO2S. The van der Waals surface area contributed by atoms with E-state index in [2.05, 4.69) is 13.8 Å². The normalized spacial score (nSPS) is 29.1. The van der Waals surface area contributed by atoms with Gasteiger partial charge in [-0.25, -0.2) is 0 Å². The van der Waals surface area contributed by atoms with Gasteiger partial charge in [-0.3, -0.25) is 4.79 Å². The van der Waals surface area contributed by atoms with E-state index < -0.39 is 5.60 Å². The van der Waals surface area contributed by atoms with Crippen LogP contribution in [0.4, 0.5) is 0 Å². The highest BCUT2D eigenvalue weighted by molar-refractivity contribution is 8.00. The maximum absolute atomic E-state index is 11.8. The van der Waals surface area contributed by atoms with Gasteiger partial charge < -0.3 is 10.0 Å². The lowest BCUT2D eigenvalue weighted by molar-refractivity contribution is -0.148. The number of carbonyl (C=O) groups excluding carboxylic acids is 1. The predicted octanol–water partition coefficient (Wildman–Crippen LogP) is 1.11. The Morgan fingerprint density at radius 2 is 1.79 bits per heavy atom. The second-order valence-corrected chi connectivity index (χ2v) is 6.41. The molecule has 1 heterocycles. The van der Waals surface area contributed by atoms with Crippen molar-refractivity contribution in [3.05, 3.63) is 0 Å². The molecule has 3 nitrogen and oxygen atoms in total. The lowest BCUT2D eigenvalue weighted by Gasteiger charge is -2.37. The third-order valence-electron chi connectivity index (χ3n) is 2.23. The van der Waals surface area contributed by atoms with E-state index in [1.165, 1.54) is 0 Å². The molecule has 0 aromatic carbocycles. The van der Waals surface area contributed by atoms with Crippen molar-refractivity contribution in [2.75, 3.05) is 13.1 Å². The van der Waals surface area contributed by atoms with Crippen LogP contribution in [-0.4, -0.2) is 45.1 Å². The zero-order chi connectivity index (χ0) is 10.9. The van der Waals surface area contributed by atoms with E-state index in [1.54, 1.807) is 18.7 Å². The molecule has 1 saturated heterocycles. The molecular weight excluding hydrogens is 198 g/mol. The highest BCUT2D eigenvalue weighted by Gasteiger charge is 2.33. The van der Waals surface area contributed by atoms with Crippen molar-refractivity contribution in [2.24, 2.45) is 0 Å². The summed E-state index contributed by atoms with van der Waals surface area (Å²) >= 11 is 1.90. The second-order valence-electron chi connectivity index (χ2n) is 4.53. The van der Waals surface area contributed by atoms with Crippen LogP contribution in [-0.2, 0) is 4.79 Å². The van der Waals surface area contributed by atoms with E-state index in [1.807, 2.05) is 11.8 Å². The largest absolute Gasteiger partial charge is 0.381 e. The van der Waals surface area contributed by atoms with Gasteiger partial charge >= 0.3 is 0 Å². The molecule has 0 aliphatic carbocycles. The number of hydrogen-bond donors (Lipinski definition) is 1. The minimum absolute atomic E-state index is 0.156. The summed E-state index contributed by atoms with van der Waals surface area (Å²) in [5.74, 6) is -0.156. The van der Waals surface area contributed by atoms with Gasteiger partial charge in [0.15, 0.2) is 0 Å². The lowest BCUT2D eigenvalue weighted by atomic mass is 10.1. The van der Waals surface area contributed by atoms with Gasteiger partial charge in [0.25, 0.3) is 5.91 Å². The number of amides is 1. The molecule has 0 aromatic heterocycles. The summed E-state index contributed by atoms with van der Waals surface area (Å²) in [5.41, 5.74) is -1.23. The monoisotopic (exact) mass is 217 g/mol. The number of rotatable bonds is 1. The summed E-state index contributed by atoms with van der Waals surface area (Å²) in [6.45, 7) is 8.82. The van der Waals surface area contributed by atoms with Gasteiger partial charge in [-0.05, 0) is 13.8 Å². The van der Waals surface area contributed by atoms with Crippen LogP contribution < -0.4 is 0 Å². The van der Waals surface area contributed by atoms with Crippen LogP contribution >= 0.6 is 11.8 Å². The number of carbonyl (C=O) groups is 1. The molecule has 1 amide bonds. The highest BCUT2D eigenvalue weighted by Crippen LogP contribution is 2.26. The first-order valence-electron chi connectivity index (χ1n) is 4.98. The van der Waals surface area contributed by atoms with E-state index in [9.17, 15) is 9.90 Å². The first-order chi connectivity index (χ1) is 6.30. The maximum Gasteiger partial charge on any atom is 0.254 e. The summed E-state index contributed by atoms with van der Waals surface area (Å²) in [7, 11) is 0. The molecule has 2 atom stereocenters. The van der Waals surface area contributed by atoms with Gasteiger partial charge in [0, 0.05) is 23.6 Å². The third kappa shape index (κ3) is 2.89. The quantitative estimate of drug-likeness (QED) is 0.715. The van der Waals surface area contributed by atoms with Crippen LogP contribution in [0.2, 0.25) is 0 Å². The molecule has 1 aliphatic heterocycles. The van der Waals surface area contributed by atoms with Gasteiger partial charge in [0.05, 0.1) is 0 Å². The van der Waals surface area contributed by atoms with Crippen LogP contribution in [0.1, 0.15) is 27.7 Å². The lowest BCUT2D eigenvalue weighted by Crippen LogP contribution is -2.51. The van der Waals surface area contributed by atoms with E-state index >= 15 is 0 Å². The fraction of sp³-hybridized carbons (Fsp3) is 0.900. The van der Waals surface area contributed by atoms with E-state index in [0.29, 0.717) is 10.5 Å². The molecule has 1 fully saturated rings. The van der Waals surface area contributed by atoms with Gasteiger partial charge in [-0.2, -0.15) is 11.8 Å². The van der Waals surface area contributed by atoms with Crippen LogP contribution in [0, 0.1) is 0 Å². The van der Waals surface area contributed by atoms with E-state index in [0.717, 1.165) is 13.1 Å². The van der Waals surface area contributed by atoms with Crippen molar-refractivity contribution in [3.63, 3.8) is 0 Å². The van der Waals surface area contributed by atoms with Crippen LogP contribution in [0.5, 0.6) is 0 Å². The van der Waals surface area contributed by atoms with Gasteiger partial charge in [0.2, 0.25) is 0 Å². The van der Waals surface area contributed by atoms with Crippen molar-refractivity contribution < 1.29 is 9.90 Å². The molecule has 82 valence electrons. The van der Waals surface area contributed by atoms with Gasteiger partial charge in [-0.1, -0.05) is 13.8 Å². The van der Waals surface area contributed by atoms with Gasteiger partial charge in [0.1, 0.15) is 5.60 Å². The van der Waals surface area contributed by atoms with Crippen molar-refractivity contribution in [2.45, 2.75) is 43.8 Å². The zero-order valence-corrected chi connectivity index (χ0v) is 10.1. The smallest absolute Gasteiger partial charge is 0.254 e. The summed E-state index contributed by atoms with van der Waals surface area (Å²) in [4.78, 5) is 13.5. The van der Waals surface area contributed by atoms with Gasteiger partial charge in [-0.15, -0.1) is 0 Å². The summed E-state index contributed by atoms with van der Waals surface area (Å²) < 4.78 is 0. The first kappa shape index (κ1) is 11.9. The molecule has 0 bridgehead atoms. The maximum atomic E-state index is 11.8. The predicted molar refractivity (Wildman–Crippen MR) is 59.4 cm³/mol. The topological polar surface area (TPSA) is 40.5 Å².